The Hall–Kier alpha value is -2.64. The van der Waals surface area contributed by atoms with Crippen LogP contribution in [0.1, 0.15) is 32.6 Å². The second kappa shape index (κ2) is 7.76. The lowest BCUT2D eigenvalue weighted by atomic mass is 10.00. The lowest BCUT2D eigenvalue weighted by Gasteiger charge is -2.34. The van der Waals surface area contributed by atoms with Crippen LogP contribution in [0.3, 0.4) is 0 Å². The normalized spacial score (nSPS) is 17.2. The Morgan fingerprint density at radius 2 is 2.17 bits per heavy atom. The molecule has 1 aromatic rings. The molecule has 2 rings (SSSR count). The van der Waals surface area contributed by atoms with E-state index in [9.17, 15) is 19.7 Å². The molecular weight excluding hydrogens is 314 g/mol. The molecule has 8 heteroatoms. The van der Waals surface area contributed by atoms with E-state index in [2.05, 4.69) is 5.32 Å². The van der Waals surface area contributed by atoms with Crippen LogP contribution in [0, 0.1) is 10.1 Å². The van der Waals surface area contributed by atoms with Gasteiger partial charge in [-0.2, -0.15) is 0 Å². The number of hydrogen-bond donors (Lipinski definition) is 1. The highest BCUT2D eigenvalue weighted by Gasteiger charge is 2.30. The molecule has 0 radical (unpaired) electrons. The fourth-order valence-corrected chi connectivity index (χ4v) is 2.90. The van der Waals surface area contributed by atoms with Crippen LogP contribution in [0.2, 0.25) is 0 Å². The summed E-state index contributed by atoms with van der Waals surface area (Å²) in [6, 6.07) is 3.89. The topological polar surface area (TPSA) is 102 Å². The van der Waals surface area contributed by atoms with Gasteiger partial charge in [0.2, 0.25) is 0 Å². The van der Waals surface area contributed by atoms with E-state index < -0.39 is 16.7 Å². The third kappa shape index (κ3) is 3.81. The second-order valence-corrected chi connectivity index (χ2v) is 5.65. The number of piperidine rings is 1. The van der Waals surface area contributed by atoms with Crippen LogP contribution in [0.5, 0.6) is 5.75 Å². The highest BCUT2D eigenvalue weighted by atomic mass is 16.6. The summed E-state index contributed by atoms with van der Waals surface area (Å²) >= 11 is 0. The number of nitro benzene ring substituents is 1. The van der Waals surface area contributed by atoms with Crippen molar-refractivity contribution < 1.29 is 19.2 Å². The summed E-state index contributed by atoms with van der Waals surface area (Å²) in [6.07, 6.45) is 3.65. The van der Waals surface area contributed by atoms with Crippen molar-refractivity contribution >= 4 is 23.2 Å². The van der Waals surface area contributed by atoms with Gasteiger partial charge < -0.3 is 15.0 Å². The van der Waals surface area contributed by atoms with E-state index in [4.69, 9.17) is 4.74 Å². The standard InChI is InChI=1S/C16H21N3O5/c1-3-11-6-4-5-9-18(11)16(21)15(20)17-13-8-7-12(19(22)23)10-14(13)24-2/h7-8,10-11H,3-6,9H2,1-2H3,(H,17,20). The summed E-state index contributed by atoms with van der Waals surface area (Å²) in [4.78, 5) is 36.5. The zero-order valence-corrected chi connectivity index (χ0v) is 13.8. The third-order valence-corrected chi connectivity index (χ3v) is 4.20. The highest BCUT2D eigenvalue weighted by molar-refractivity contribution is 6.39. The molecule has 8 nitrogen and oxygen atoms in total. The zero-order valence-electron chi connectivity index (χ0n) is 13.8. The van der Waals surface area contributed by atoms with Gasteiger partial charge in [-0.1, -0.05) is 6.92 Å². The minimum absolute atomic E-state index is 0.0794. The van der Waals surface area contributed by atoms with Gasteiger partial charge in [0.25, 0.3) is 5.69 Å². The number of hydrogen-bond acceptors (Lipinski definition) is 5. The van der Waals surface area contributed by atoms with Gasteiger partial charge in [-0.3, -0.25) is 19.7 Å². The van der Waals surface area contributed by atoms with Crippen molar-refractivity contribution in [2.24, 2.45) is 0 Å². The molecule has 1 fully saturated rings. The van der Waals surface area contributed by atoms with Crippen LogP contribution in [0.15, 0.2) is 18.2 Å². The molecule has 1 aromatic carbocycles. The molecule has 24 heavy (non-hydrogen) atoms. The first-order valence-corrected chi connectivity index (χ1v) is 7.92. The van der Waals surface area contributed by atoms with Crippen molar-refractivity contribution in [2.75, 3.05) is 19.0 Å². The number of anilines is 1. The molecule has 1 saturated heterocycles. The number of methoxy groups -OCH3 is 1. The predicted molar refractivity (Wildman–Crippen MR) is 87.9 cm³/mol. The Bertz CT molecular complexity index is 647. The Balaban J connectivity index is 2.13. The maximum atomic E-state index is 12.4. The van der Waals surface area contributed by atoms with Gasteiger partial charge in [0, 0.05) is 18.7 Å². The molecule has 1 N–H and O–H groups in total. The molecule has 0 spiro atoms. The first kappa shape index (κ1) is 17.7. The summed E-state index contributed by atoms with van der Waals surface area (Å²) < 4.78 is 5.06. The summed E-state index contributed by atoms with van der Waals surface area (Å²) in [5.74, 6) is -1.21. The minimum Gasteiger partial charge on any atom is -0.494 e. The first-order chi connectivity index (χ1) is 11.5. The number of rotatable bonds is 4. The van der Waals surface area contributed by atoms with Gasteiger partial charge in [-0.05, 0) is 31.7 Å². The molecule has 1 atom stereocenters. The van der Waals surface area contributed by atoms with Crippen molar-refractivity contribution in [3.05, 3.63) is 28.3 Å². The van der Waals surface area contributed by atoms with Crippen molar-refractivity contribution in [3.8, 4) is 5.75 Å². The lowest BCUT2D eigenvalue weighted by molar-refractivity contribution is -0.384. The van der Waals surface area contributed by atoms with Crippen molar-refractivity contribution in [2.45, 2.75) is 38.6 Å². The average molecular weight is 335 g/mol. The van der Waals surface area contributed by atoms with Crippen molar-refractivity contribution in [1.29, 1.82) is 0 Å². The summed E-state index contributed by atoms with van der Waals surface area (Å²) in [6.45, 7) is 2.57. The first-order valence-electron chi connectivity index (χ1n) is 7.92. The quantitative estimate of drug-likeness (QED) is 0.517. The fourth-order valence-electron chi connectivity index (χ4n) is 2.90. The summed E-state index contributed by atoms with van der Waals surface area (Å²) in [5.41, 5.74) is 0.0739. The van der Waals surface area contributed by atoms with Gasteiger partial charge in [0.05, 0.1) is 23.8 Å². The highest BCUT2D eigenvalue weighted by Crippen LogP contribution is 2.29. The van der Waals surface area contributed by atoms with Crippen LogP contribution in [-0.2, 0) is 9.59 Å². The molecule has 0 aliphatic carbocycles. The fraction of sp³-hybridized carbons (Fsp3) is 0.500. The third-order valence-electron chi connectivity index (χ3n) is 4.20. The zero-order chi connectivity index (χ0) is 17.7. The summed E-state index contributed by atoms with van der Waals surface area (Å²) in [7, 11) is 1.34. The molecule has 0 aromatic heterocycles. The molecule has 1 aliphatic rings. The maximum Gasteiger partial charge on any atom is 0.314 e. The maximum absolute atomic E-state index is 12.4. The van der Waals surface area contributed by atoms with Crippen LogP contribution >= 0.6 is 0 Å². The number of nitrogens with zero attached hydrogens (tertiary/aromatic N) is 2. The molecule has 0 bridgehead atoms. The second-order valence-electron chi connectivity index (χ2n) is 5.65. The molecule has 1 unspecified atom stereocenters. The van der Waals surface area contributed by atoms with E-state index in [1.54, 1.807) is 4.90 Å². The molecule has 0 saturated carbocycles. The number of ether oxygens (including phenoxy) is 1. The number of nitrogens with one attached hydrogen (secondary N) is 1. The van der Waals surface area contributed by atoms with E-state index in [0.29, 0.717) is 6.54 Å². The summed E-state index contributed by atoms with van der Waals surface area (Å²) in [5, 5.41) is 13.3. The monoisotopic (exact) mass is 335 g/mol. The Labute approximate surface area is 139 Å². The average Bonchev–Trinajstić information content (AvgIpc) is 2.60. The Morgan fingerprint density at radius 3 is 2.79 bits per heavy atom. The number of benzene rings is 1. The number of non-ortho nitro benzene ring substituents is 1. The van der Waals surface area contributed by atoms with Gasteiger partial charge in [0.1, 0.15) is 5.75 Å². The SMILES string of the molecule is CCC1CCCCN1C(=O)C(=O)Nc1ccc([N+](=O)[O-])cc1OC. The largest absolute Gasteiger partial charge is 0.494 e. The Morgan fingerprint density at radius 1 is 1.42 bits per heavy atom. The minimum atomic E-state index is -0.762. The lowest BCUT2D eigenvalue weighted by Crippen LogP contribution is -2.48. The van der Waals surface area contributed by atoms with Crippen LogP contribution in [-0.4, -0.2) is 41.3 Å². The molecule has 1 aliphatic heterocycles. The predicted octanol–water partition coefficient (Wildman–Crippen LogP) is 2.33. The van der Waals surface area contributed by atoms with E-state index in [0.717, 1.165) is 25.7 Å². The number of amides is 2. The molecule has 1 heterocycles. The Kier molecular flexibility index (Phi) is 5.73. The van der Waals surface area contributed by atoms with Crippen LogP contribution < -0.4 is 10.1 Å². The molecule has 130 valence electrons. The number of likely N-dealkylation sites (tertiary alicyclic amines) is 1. The van der Waals surface area contributed by atoms with E-state index in [1.165, 1.54) is 25.3 Å². The smallest absolute Gasteiger partial charge is 0.314 e. The van der Waals surface area contributed by atoms with Crippen molar-refractivity contribution in [1.82, 2.24) is 4.90 Å². The number of carbonyl (C=O) groups excluding carboxylic acids is 2. The van der Waals surface area contributed by atoms with Gasteiger partial charge in [0.15, 0.2) is 0 Å². The number of nitro groups is 1. The van der Waals surface area contributed by atoms with Gasteiger partial charge >= 0.3 is 11.8 Å². The number of carbonyl (C=O) groups is 2. The van der Waals surface area contributed by atoms with E-state index in [-0.39, 0.29) is 23.2 Å². The van der Waals surface area contributed by atoms with Crippen molar-refractivity contribution in [3.63, 3.8) is 0 Å². The van der Waals surface area contributed by atoms with E-state index in [1.807, 2.05) is 6.92 Å². The molecular formula is C16H21N3O5. The van der Waals surface area contributed by atoms with Gasteiger partial charge in [-0.15, -0.1) is 0 Å². The molecule has 2 amide bonds. The van der Waals surface area contributed by atoms with Gasteiger partial charge in [-0.25, -0.2) is 0 Å². The van der Waals surface area contributed by atoms with E-state index >= 15 is 0 Å². The van der Waals surface area contributed by atoms with Crippen LogP contribution in [0.4, 0.5) is 11.4 Å². The van der Waals surface area contributed by atoms with Crippen LogP contribution in [0.25, 0.3) is 0 Å².